The quantitative estimate of drug-likeness (QED) is 0.183. The van der Waals surface area contributed by atoms with Gasteiger partial charge in [0.2, 0.25) is 0 Å². The number of hydrogen-bond acceptors (Lipinski definition) is 8. The lowest BCUT2D eigenvalue weighted by Gasteiger charge is -2.09. The van der Waals surface area contributed by atoms with Gasteiger partial charge in [-0.1, -0.05) is 24.3 Å². The van der Waals surface area contributed by atoms with Gasteiger partial charge in [-0.3, -0.25) is 14.6 Å². The lowest BCUT2D eigenvalue weighted by atomic mass is 10.0. The number of fused-ring (bicyclic) bond motifs is 1. The molecular formula is C31H29FN4O4S. The van der Waals surface area contributed by atoms with E-state index in [0.29, 0.717) is 17.1 Å². The number of aromatic nitrogens is 3. The number of pyridine rings is 1. The number of ether oxygens (including phenoxy) is 2. The van der Waals surface area contributed by atoms with Gasteiger partial charge in [-0.05, 0) is 36.9 Å². The summed E-state index contributed by atoms with van der Waals surface area (Å²) in [5.74, 6) is 0.0144. The van der Waals surface area contributed by atoms with Crippen LogP contribution in [0.4, 0.5) is 4.39 Å². The highest BCUT2D eigenvalue weighted by atomic mass is 32.1. The molecule has 0 saturated heterocycles. The average molecular weight is 573 g/mol. The van der Waals surface area contributed by atoms with Gasteiger partial charge in [-0.2, -0.15) is 0 Å². The number of carbonyl (C=O) groups is 2. The van der Waals surface area contributed by atoms with Gasteiger partial charge in [-0.25, -0.2) is 9.37 Å². The molecule has 3 aromatic heterocycles. The van der Waals surface area contributed by atoms with Crippen molar-refractivity contribution in [2.45, 2.75) is 25.8 Å². The summed E-state index contributed by atoms with van der Waals surface area (Å²) in [7, 11) is 3.44. The number of likely N-dealkylation sites (N-methyl/N-ethyl adjacent to an activating group) is 1. The van der Waals surface area contributed by atoms with Crippen molar-refractivity contribution in [2.24, 2.45) is 0 Å². The van der Waals surface area contributed by atoms with Gasteiger partial charge in [-0.15, -0.1) is 11.3 Å². The number of para-hydroxylation sites is 1. The number of nitrogens with one attached hydrogen (secondary N) is 1. The second kappa shape index (κ2) is 12.8. The molecule has 1 N–H and O–H groups in total. The molecule has 0 aliphatic carbocycles. The van der Waals surface area contributed by atoms with Gasteiger partial charge in [0.25, 0.3) is 0 Å². The fourth-order valence-electron chi connectivity index (χ4n) is 4.46. The lowest BCUT2D eigenvalue weighted by Crippen LogP contribution is -2.13. The Morgan fingerprint density at radius 1 is 1.00 bits per heavy atom. The van der Waals surface area contributed by atoms with Crippen LogP contribution >= 0.6 is 11.3 Å². The molecule has 8 nitrogen and oxygen atoms in total. The van der Waals surface area contributed by atoms with Crippen LogP contribution in [0.25, 0.3) is 20.8 Å². The molecule has 210 valence electrons. The molecule has 0 saturated carbocycles. The molecule has 0 aliphatic heterocycles. The van der Waals surface area contributed by atoms with Crippen LogP contribution in [-0.2, 0) is 29.0 Å². The van der Waals surface area contributed by atoms with E-state index in [1.54, 1.807) is 36.8 Å². The molecule has 5 aromatic rings. The Kier molecular flexibility index (Phi) is 8.81. The highest BCUT2D eigenvalue weighted by Gasteiger charge is 2.17. The van der Waals surface area contributed by atoms with Crippen molar-refractivity contribution in [1.29, 1.82) is 0 Å². The third kappa shape index (κ3) is 6.85. The first-order chi connectivity index (χ1) is 19.9. The number of carbonyl (C=O) groups excluding carboxylic acids is 2. The van der Waals surface area contributed by atoms with Crippen LogP contribution in [0.15, 0.2) is 73.3 Å². The van der Waals surface area contributed by atoms with E-state index in [0.717, 1.165) is 39.4 Å². The monoisotopic (exact) mass is 572 g/mol. The first-order valence-electron chi connectivity index (χ1n) is 13.1. The Morgan fingerprint density at radius 2 is 1.83 bits per heavy atom. The minimum absolute atomic E-state index is 0.0345. The molecule has 0 atom stereocenters. The number of benzene rings is 2. The van der Waals surface area contributed by atoms with Crippen molar-refractivity contribution in [3.05, 3.63) is 90.3 Å². The third-order valence-electron chi connectivity index (χ3n) is 6.47. The van der Waals surface area contributed by atoms with Crippen molar-refractivity contribution >= 4 is 33.1 Å². The molecule has 0 aliphatic rings. The van der Waals surface area contributed by atoms with E-state index in [2.05, 4.69) is 15.3 Å². The van der Waals surface area contributed by atoms with Crippen molar-refractivity contribution in [3.8, 4) is 27.8 Å². The van der Waals surface area contributed by atoms with Gasteiger partial charge < -0.3 is 19.4 Å². The lowest BCUT2D eigenvalue weighted by molar-refractivity contribution is -0.126. The van der Waals surface area contributed by atoms with Crippen LogP contribution in [-0.4, -0.2) is 46.8 Å². The number of hydrogen-bond donors (Lipinski definition) is 1. The highest BCUT2D eigenvalue weighted by molar-refractivity contribution is 7.22. The predicted octanol–water partition coefficient (Wildman–Crippen LogP) is 5.63. The third-order valence-corrected chi connectivity index (χ3v) is 7.63. The van der Waals surface area contributed by atoms with Crippen LogP contribution in [0, 0.1) is 5.82 Å². The molecule has 0 radical (unpaired) electrons. The molecule has 0 bridgehead atoms. The Morgan fingerprint density at radius 3 is 2.63 bits per heavy atom. The second-order valence-electron chi connectivity index (χ2n) is 9.52. The van der Waals surface area contributed by atoms with Crippen LogP contribution in [0.1, 0.15) is 17.5 Å². The fourth-order valence-corrected chi connectivity index (χ4v) is 5.49. The van der Waals surface area contributed by atoms with Gasteiger partial charge in [0.05, 0.1) is 40.6 Å². The SMILES string of the molecule is CNCCn1cnc(-c2cc3nccc(Oc4ccc(CC(=O)CC(=O)Cc5ccccc5OC)cc4F)c3s2)c1. The zero-order valence-corrected chi connectivity index (χ0v) is 23.5. The van der Waals surface area contributed by atoms with E-state index in [-0.39, 0.29) is 36.6 Å². The Labute approximate surface area is 240 Å². The van der Waals surface area contributed by atoms with E-state index in [1.807, 2.05) is 36.0 Å². The minimum Gasteiger partial charge on any atom is -0.496 e. The summed E-state index contributed by atoms with van der Waals surface area (Å²) in [5.41, 5.74) is 2.75. The number of methoxy groups -OCH3 is 1. The second-order valence-corrected chi connectivity index (χ2v) is 10.6. The molecule has 0 unspecified atom stereocenters. The summed E-state index contributed by atoms with van der Waals surface area (Å²) < 4.78 is 29.1. The fraction of sp³-hybridized carbons (Fsp3) is 0.226. The van der Waals surface area contributed by atoms with Gasteiger partial charge in [0, 0.05) is 50.0 Å². The number of halogens is 1. The minimum atomic E-state index is -0.597. The Hall–Kier alpha value is -4.41. The number of ketones is 2. The normalized spacial score (nSPS) is 11.1. The maximum absolute atomic E-state index is 15.0. The molecule has 0 fully saturated rings. The first-order valence-corrected chi connectivity index (χ1v) is 13.9. The van der Waals surface area contributed by atoms with Crippen LogP contribution in [0.2, 0.25) is 0 Å². The van der Waals surface area contributed by atoms with Crippen LogP contribution in [0.3, 0.4) is 0 Å². The van der Waals surface area contributed by atoms with E-state index in [4.69, 9.17) is 9.47 Å². The zero-order valence-electron chi connectivity index (χ0n) is 22.7. The van der Waals surface area contributed by atoms with Crippen LogP contribution < -0.4 is 14.8 Å². The van der Waals surface area contributed by atoms with Crippen LogP contribution in [0.5, 0.6) is 17.2 Å². The summed E-state index contributed by atoms with van der Waals surface area (Å²) in [5, 5.41) is 3.12. The highest BCUT2D eigenvalue weighted by Crippen LogP contribution is 2.39. The smallest absolute Gasteiger partial charge is 0.166 e. The maximum atomic E-state index is 15.0. The molecule has 5 rings (SSSR count). The van der Waals surface area contributed by atoms with E-state index in [1.165, 1.54) is 30.6 Å². The predicted molar refractivity (Wildman–Crippen MR) is 156 cm³/mol. The summed E-state index contributed by atoms with van der Waals surface area (Å²) >= 11 is 1.47. The maximum Gasteiger partial charge on any atom is 0.166 e. The van der Waals surface area contributed by atoms with Gasteiger partial charge in [0.1, 0.15) is 23.1 Å². The molecule has 41 heavy (non-hydrogen) atoms. The topological polar surface area (TPSA) is 95.3 Å². The number of rotatable bonds is 13. The zero-order chi connectivity index (χ0) is 28.8. The summed E-state index contributed by atoms with van der Waals surface area (Å²) in [6.45, 7) is 1.64. The van der Waals surface area contributed by atoms with Crippen molar-refractivity contribution in [2.75, 3.05) is 20.7 Å². The molecule has 3 heterocycles. The van der Waals surface area contributed by atoms with Crippen molar-refractivity contribution in [1.82, 2.24) is 19.9 Å². The van der Waals surface area contributed by atoms with Crippen molar-refractivity contribution in [3.63, 3.8) is 0 Å². The van der Waals surface area contributed by atoms with Gasteiger partial charge in [0.15, 0.2) is 11.6 Å². The van der Waals surface area contributed by atoms with E-state index >= 15 is 4.39 Å². The van der Waals surface area contributed by atoms with Crippen molar-refractivity contribution < 1.29 is 23.5 Å². The largest absolute Gasteiger partial charge is 0.496 e. The standard InChI is InChI=1S/C31H29FN4O4S/c1-33-11-12-36-18-26(35-19-36)30-17-25-31(41-30)29(9-10-34-25)40-28-8-7-20(14-24(28)32)13-22(37)16-23(38)15-21-5-3-4-6-27(21)39-2/h3-10,14,17-19,33H,11-13,15-16H2,1-2H3. The molecule has 0 amide bonds. The molecule has 0 spiro atoms. The molecule has 10 heteroatoms. The Bertz CT molecular complexity index is 1700. The molecule has 2 aromatic carbocycles. The summed E-state index contributed by atoms with van der Waals surface area (Å²) in [6.07, 6.45) is 5.20. The average Bonchev–Trinajstić information content (AvgIpc) is 3.61. The van der Waals surface area contributed by atoms with E-state index in [9.17, 15) is 9.59 Å². The number of nitrogens with zero attached hydrogens (tertiary/aromatic N) is 3. The summed E-state index contributed by atoms with van der Waals surface area (Å²) in [4.78, 5) is 34.9. The number of thiophene rings is 1. The number of Topliss-reactive ketones (excluding diaryl/α,β-unsaturated/α-hetero) is 2. The Balaban J connectivity index is 1.24. The van der Waals surface area contributed by atoms with Gasteiger partial charge >= 0.3 is 0 Å². The summed E-state index contributed by atoms with van der Waals surface area (Å²) in [6, 6.07) is 15.2. The molecular weight excluding hydrogens is 543 g/mol. The van der Waals surface area contributed by atoms with E-state index < -0.39 is 5.82 Å². The number of imidazole rings is 1. The first kappa shape index (κ1) is 28.1.